The highest BCUT2D eigenvalue weighted by Gasteiger charge is 2.45. The Morgan fingerprint density at radius 1 is 1.08 bits per heavy atom. The van der Waals surface area contributed by atoms with Crippen molar-refractivity contribution in [2.24, 2.45) is 23.7 Å². The number of nitrogens with zero attached hydrogens (tertiary/aromatic N) is 2. The normalized spacial score (nSPS) is 35.4. The second-order valence-electron chi connectivity index (χ2n) is 12.8. The minimum absolute atomic E-state index is 0.125. The molecule has 0 aromatic carbocycles. The molecule has 8 atom stereocenters. The molecule has 2 aliphatic heterocycles. The monoisotopic (exact) mass is 534 g/mol. The van der Waals surface area contributed by atoms with Gasteiger partial charge < -0.3 is 25.2 Å². The van der Waals surface area contributed by atoms with E-state index >= 15 is 0 Å². The van der Waals surface area contributed by atoms with Crippen LogP contribution in [0.2, 0.25) is 0 Å². The van der Waals surface area contributed by atoms with Crippen LogP contribution in [0.3, 0.4) is 0 Å². The van der Waals surface area contributed by atoms with Gasteiger partial charge in [0.25, 0.3) is 0 Å². The Morgan fingerprint density at radius 3 is 2.37 bits per heavy atom. The van der Waals surface area contributed by atoms with E-state index in [1.165, 1.54) is 51.5 Å². The van der Waals surface area contributed by atoms with Crippen molar-refractivity contribution in [1.29, 1.82) is 0 Å². The van der Waals surface area contributed by atoms with Gasteiger partial charge in [-0.2, -0.15) is 0 Å². The lowest BCUT2D eigenvalue weighted by Crippen LogP contribution is -2.65. The van der Waals surface area contributed by atoms with Crippen molar-refractivity contribution in [3.63, 3.8) is 0 Å². The van der Waals surface area contributed by atoms with Crippen LogP contribution >= 0.6 is 0 Å². The van der Waals surface area contributed by atoms with E-state index in [-0.39, 0.29) is 24.0 Å². The molecule has 2 heterocycles. The Labute approximate surface area is 233 Å². The Morgan fingerprint density at radius 2 is 1.79 bits per heavy atom. The number of fused-ring (bicyclic) bond motifs is 2. The predicted octanol–water partition coefficient (Wildman–Crippen LogP) is 4.45. The lowest BCUT2D eigenvalue weighted by Gasteiger charge is -2.53. The predicted molar refractivity (Wildman–Crippen MR) is 155 cm³/mol. The first-order valence-electron chi connectivity index (χ1n) is 15.7. The fraction of sp³-hybridized carbons (Fsp3) is 0.935. The molecular weight excluding hydrogens is 476 g/mol. The third kappa shape index (κ3) is 8.41. The van der Waals surface area contributed by atoms with Crippen LogP contribution < -0.4 is 10.6 Å². The summed E-state index contributed by atoms with van der Waals surface area (Å²) >= 11 is 0. The van der Waals surface area contributed by atoms with Crippen LogP contribution in [0.5, 0.6) is 0 Å². The summed E-state index contributed by atoms with van der Waals surface area (Å²) in [7, 11) is 3.86. The largest absolute Gasteiger partial charge is 0.380 e. The molecule has 5 fully saturated rings. The minimum atomic E-state index is 0.125. The average molecular weight is 535 g/mol. The van der Waals surface area contributed by atoms with Gasteiger partial charge in [0.2, 0.25) is 12.3 Å². The first-order chi connectivity index (χ1) is 18.3. The molecule has 0 spiro atoms. The topological polar surface area (TPSA) is 73.9 Å². The number of piperidine rings is 1. The van der Waals surface area contributed by atoms with Gasteiger partial charge in [-0.05, 0) is 95.7 Å². The molecule has 0 aromatic heterocycles. The summed E-state index contributed by atoms with van der Waals surface area (Å²) in [5, 5.41) is 6.90. The SMILES string of the molecule is CC1CC1.CCC(CNC)C1CCC2C(C1)N(C=O)CC(C)N2C(C)=O.COC1CCCC2CCCNC21. The Kier molecular flexibility index (Phi) is 12.8. The van der Waals surface area contributed by atoms with Gasteiger partial charge in [-0.25, -0.2) is 0 Å². The van der Waals surface area contributed by atoms with Crippen molar-refractivity contribution in [1.82, 2.24) is 20.4 Å². The van der Waals surface area contributed by atoms with Crippen molar-refractivity contribution in [3.05, 3.63) is 0 Å². The number of hydrogen-bond donors (Lipinski definition) is 2. The van der Waals surface area contributed by atoms with Crippen molar-refractivity contribution >= 4 is 12.3 Å². The number of hydrogen-bond acceptors (Lipinski definition) is 5. The number of ether oxygens (including phenoxy) is 1. The number of methoxy groups -OCH3 is 1. The fourth-order valence-electron chi connectivity index (χ4n) is 7.63. The standard InChI is InChI=1S/C17H31N3O2.C10H19NO.C4H8/c1-5-14(9-18-4)15-6-7-16-17(8-15)19(11-21)10-12(2)20(16)13(3)22;1-12-9-6-2-4-8-5-3-7-11-10(8)9;1-4-2-3-4/h11-12,14-18H,5-10H2,1-4H3;8-11H,2-7H2,1H3;4H,2-3H2,1H3. The highest BCUT2D eigenvalue weighted by Crippen LogP contribution is 2.39. The highest BCUT2D eigenvalue weighted by molar-refractivity contribution is 5.74. The second-order valence-corrected chi connectivity index (χ2v) is 12.8. The van der Waals surface area contributed by atoms with Crippen LogP contribution in [0, 0.1) is 23.7 Å². The van der Waals surface area contributed by atoms with Gasteiger partial charge in [0.15, 0.2) is 0 Å². The molecule has 2 saturated heterocycles. The van der Waals surface area contributed by atoms with Crippen molar-refractivity contribution in [2.45, 2.75) is 129 Å². The van der Waals surface area contributed by atoms with E-state index in [1.807, 2.05) is 24.0 Å². The third-order valence-electron chi connectivity index (χ3n) is 9.98. The highest BCUT2D eigenvalue weighted by atomic mass is 16.5. The molecule has 0 radical (unpaired) electrons. The maximum Gasteiger partial charge on any atom is 0.220 e. The Bertz CT molecular complexity index is 708. The van der Waals surface area contributed by atoms with Gasteiger partial charge in [-0.1, -0.05) is 39.5 Å². The number of piperazine rings is 1. The van der Waals surface area contributed by atoms with Crippen LogP contribution in [0.4, 0.5) is 0 Å². The molecule has 0 bridgehead atoms. The molecule has 220 valence electrons. The molecule has 7 nitrogen and oxygen atoms in total. The van der Waals surface area contributed by atoms with Gasteiger partial charge in [0.05, 0.1) is 18.2 Å². The van der Waals surface area contributed by atoms with Crippen LogP contribution in [-0.4, -0.2) is 86.2 Å². The first-order valence-corrected chi connectivity index (χ1v) is 15.7. The molecule has 5 aliphatic rings. The Balaban J connectivity index is 0.000000206. The van der Waals surface area contributed by atoms with E-state index in [9.17, 15) is 9.59 Å². The van der Waals surface area contributed by atoms with Gasteiger partial charge in [-0.3, -0.25) is 9.59 Å². The number of carbonyl (C=O) groups is 2. The molecular formula is C31H58N4O3. The van der Waals surface area contributed by atoms with E-state index in [1.54, 1.807) is 6.92 Å². The van der Waals surface area contributed by atoms with Crippen molar-refractivity contribution in [3.8, 4) is 0 Å². The van der Waals surface area contributed by atoms with Crippen LogP contribution in [0.1, 0.15) is 98.3 Å². The van der Waals surface area contributed by atoms with Gasteiger partial charge >= 0.3 is 0 Å². The lowest BCUT2D eigenvalue weighted by molar-refractivity contribution is -0.148. The zero-order chi connectivity index (χ0) is 27.7. The van der Waals surface area contributed by atoms with E-state index in [0.717, 1.165) is 50.5 Å². The van der Waals surface area contributed by atoms with E-state index in [2.05, 4.69) is 31.4 Å². The zero-order valence-corrected chi connectivity index (χ0v) is 25.3. The van der Waals surface area contributed by atoms with E-state index in [0.29, 0.717) is 30.5 Å². The Hall–Kier alpha value is -1.18. The molecule has 0 aromatic rings. The summed E-state index contributed by atoms with van der Waals surface area (Å²) in [6, 6.07) is 1.19. The maximum absolute atomic E-state index is 12.0. The quantitative estimate of drug-likeness (QED) is 0.493. The summed E-state index contributed by atoms with van der Waals surface area (Å²) in [5.74, 6) is 3.43. The third-order valence-corrected chi connectivity index (χ3v) is 9.98. The molecule has 8 unspecified atom stereocenters. The zero-order valence-electron chi connectivity index (χ0n) is 25.3. The van der Waals surface area contributed by atoms with Gasteiger partial charge in [0, 0.05) is 32.7 Å². The summed E-state index contributed by atoms with van der Waals surface area (Å²) < 4.78 is 5.50. The number of amides is 2. The molecule has 3 saturated carbocycles. The van der Waals surface area contributed by atoms with Gasteiger partial charge in [0.1, 0.15) is 0 Å². The fourth-order valence-corrected chi connectivity index (χ4v) is 7.63. The number of nitrogens with one attached hydrogen (secondary N) is 2. The minimum Gasteiger partial charge on any atom is -0.380 e. The molecule has 3 aliphatic carbocycles. The smallest absolute Gasteiger partial charge is 0.220 e. The number of rotatable bonds is 6. The molecule has 7 heteroatoms. The molecule has 2 amide bonds. The summed E-state index contributed by atoms with van der Waals surface area (Å²) in [4.78, 5) is 27.5. The van der Waals surface area contributed by atoms with Crippen LogP contribution in [-0.2, 0) is 14.3 Å². The lowest BCUT2D eigenvalue weighted by atomic mass is 9.72. The van der Waals surface area contributed by atoms with Gasteiger partial charge in [-0.15, -0.1) is 0 Å². The van der Waals surface area contributed by atoms with Crippen molar-refractivity contribution < 1.29 is 14.3 Å². The maximum atomic E-state index is 12.0. The van der Waals surface area contributed by atoms with E-state index in [4.69, 9.17) is 4.74 Å². The van der Waals surface area contributed by atoms with Crippen LogP contribution in [0.25, 0.3) is 0 Å². The second kappa shape index (κ2) is 15.6. The number of carbonyl (C=O) groups excluding carboxylic acids is 2. The summed E-state index contributed by atoms with van der Waals surface area (Å²) in [6.45, 7) is 11.1. The molecule has 2 N–H and O–H groups in total. The average Bonchev–Trinajstić information content (AvgIpc) is 3.73. The first kappa shape index (κ1) is 31.3. The molecule has 38 heavy (non-hydrogen) atoms. The molecule has 5 rings (SSSR count). The summed E-state index contributed by atoms with van der Waals surface area (Å²) in [6.07, 6.45) is 15.6. The van der Waals surface area contributed by atoms with Crippen molar-refractivity contribution in [2.75, 3.05) is 33.8 Å². The summed E-state index contributed by atoms with van der Waals surface area (Å²) in [5.41, 5.74) is 0. The van der Waals surface area contributed by atoms with E-state index < -0.39 is 0 Å². The van der Waals surface area contributed by atoms with Crippen LogP contribution in [0.15, 0.2) is 0 Å².